The molecule has 3 aliphatic rings. The predicted molar refractivity (Wildman–Crippen MR) is 82.3 cm³/mol. The Morgan fingerprint density at radius 2 is 1.90 bits per heavy atom. The van der Waals surface area contributed by atoms with Crippen LogP contribution in [0, 0.1) is 17.8 Å². The van der Waals surface area contributed by atoms with Crippen molar-refractivity contribution >= 4 is 11.6 Å². The molecule has 0 amide bonds. The molecule has 2 atom stereocenters. The number of hydrogen-bond acceptors (Lipinski definition) is 5. The number of anilines is 2. The number of rotatable bonds is 4. The van der Waals surface area contributed by atoms with Gasteiger partial charge in [-0.05, 0) is 31.6 Å². The summed E-state index contributed by atoms with van der Waals surface area (Å²) in [4.78, 5) is 11.1. The Labute approximate surface area is 125 Å². The van der Waals surface area contributed by atoms with Crippen molar-refractivity contribution in [1.82, 2.24) is 9.97 Å². The van der Waals surface area contributed by atoms with Crippen LogP contribution < -0.4 is 10.2 Å². The van der Waals surface area contributed by atoms with E-state index >= 15 is 0 Å². The smallest absolute Gasteiger partial charge is 0.134 e. The fraction of sp³-hybridized carbons (Fsp3) is 0.750. The zero-order valence-electron chi connectivity index (χ0n) is 12.4. The molecular weight excluding hydrogens is 264 g/mol. The van der Waals surface area contributed by atoms with Gasteiger partial charge in [0.2, 0.25) is 0 Å². The molecule has 5 heteroatoms. The van der Waals surface area contributed by atoms with Gasteiger partial charge in [0.25, 0.3) is 0 Å². The van der Waals surface area contributed by atoms with Gasteiger partial charge in [-0.25, -0.2) is 9.97 Å². The molecule has 2 heterocycles. The summed E-state index contributed by atoms with van der Waals surface area (Å²) in [5.74, 6) is 3.61. The third-order valence-corrected chi connectivity index (χ3v) is 5.27. The molecule has 0 aromatic carbocycles. The first-order valence-electron chi connectivity index (χ1n) is 8.28. The number of piperidine rings is 1. The standard InChI is InChI=1S/C16H24N4O/c21-16-12-2-1-3-13(16)9-20(8-12)15-6-14(18-10-19-15)17-7-11-4-5-11/h6,10-13,16,21H,1-5,7-9H2,(H,17,18,19)/t12-,13-/m0/s1. The maximum atomic E-state index is 10.3. The molecule has 3 fully saturated rings. The number of nitrogens with one attached hydrogen (secondary N) is 1. The van der Waals surface area contributed by atoms with Gasteiger partial charge in [-0.15, -0.1) is 0 Å². The zero-order valence-corrected chi connectivity index (χ0v) is 12.4. The van der Waals surface area contributed by atoms with E-state index in [1.54, 1.807) is 6.33 Å². The highest BCUT2D eigenvalue weighted by atomic mass is 16.3. The minimum Gasteiger partial charge on any atom is -0.392 e. The van der Waals surface area contributed by atoms with Crippen molar-refractivity contribution in [3.8, 4) is 0 Å². The molecule has 1 aromatic rings. The third-order valence-electron chi connectivity index (χ3n) is 5.27. The van der Waals surface area contributed by atoms with E-state index in [2.05, 4.69) is 26.3 Å². The molecule has 2 aliphatic carbocycles. The second-order valence-electron chi connectivity index (χ2n) is 6.93. The zero-order chi connectivity index (χ0) is 14.2. The van der Waals surface area contributed by atoms with Crippen LogP contribution in [-0.4, -0.2) is 40.8 Å². The van der Waals surface area contributed by atoms with E-state index < -0.39 is 0 Å². The number of nitrogens with zero attached hydrogens (tertiary/aromatic N) is 3. The normalized spacial score (nSPS) is 32.0. The van der Waals surface area contributed by atoms with Crippen LogP contribution in [0.1, 0.15) is 32.1 Å². The fourth-order valence-corrected chi connectivity index (χ4v) is 3.78. The average Bonchev–Trinajstić information content (AvgIpc) is 3.29. The minimum absolute atomic E-state index is 0.107. The molecule has 0 unspecified atom stereocenters. The van der Waals surface area contributed by atoms with Crippen molar-refractivity contribution in [2.75, 3.05) is 29.9 Å². The van der Waals surface area contributed by atoms with Crippen LogP contribution in [0.3, 0.4) is 0 Å². The monoisotopic (exact) mass is 288 g/mol. The molecule has 0 radical (unpaired) electrons. The Hall–Kier alpha value is -1.36. The minimum atomic E-state index is -0.107. The van der Waals surface area contributed by atoms with Crippen LogP contribution in [0.15, 0.2) is 12.4 Å². The van der Waals surface area contributed by atoms with Gasteiger partial charge in [0.05, 0.1) is 6.10 Å². The predicted octanol–water partition coefficient (Wildman–Crippen LogP) is 1.90. The fourth-order valence-electron chi connectivity index (χ4n) is 3.78. The average molecular weight is 288 g/mol. The molecule has 1 aromatic heterocycles. The summed E-state index contributed by atoms with van der Waals surface area (Å²) in [5.41, 5.74) is 0. The highest BCUT2D eigenvalue weighted by Gasteiger charge is 2.38. The lowest BCUT2D eigenvalue weighted by atomic mass is 9.75. The molecule has 114 valence electrons. The summed E-state index contributed by atoms with van der Waals surface area (Å²) in [5, 5.41) is 13.7. The molecule has 1 saturated heterocycles. The van der Waals surface area contributed by atoms with Crippen LogP contribution in [0.2, 0.25) is 0 Å². The number of hydrogen-bond donors (Lipinski definition) is 2. The van der Waals surface area contributed by atoms with Gasteiger partial charge in [0.1, 0.15) is 18.0 Å². The van der Waals surface area contributed by atoms with Crippen LogP contribution in [0.5, 0.6) is 0 Å². The Balaban J connectivity index is 1.46. The van der Waals surface area contributed by atoms with Gasteiger partial charge in [-0.2, -0.15) is 0 Å². The summed E-state index contributed by atoms with van der Waals surface area (Å²) >= 11 is 0. The van der Waals surface area contributed by atoms with E-state index in [0.717, 1.165) is 50.0 Å². The van der Waals surface area contributed by atoms with Gasteiger partial charge < -0.3 is 15.3 Å². The second-order valence-corrected chi connectivity index (χ2v) is 6.93. The Morgan fingerprint density at radius 3 is 2.62 bits per heavy atom. The molecule has 2 saturated carbocycles. The van der Waals surface area contributed by atoms with Gasteiger partial charge in [0, 0.05) is 37.5 Å². The number of fused-ring (bicyclic) bond motifs is 2. The van der Waals surface area contributed by atoms with Crippen LogP contribution in [0.25, 0.3) is 0 Å². The number of aromatic nitrogens is 2. The molecule has 2 bridgehead atoms. The molecule has 5 nitrogen and oxygen atoms in total. The van der Waals surface area contributed by atoms with Crippen molar-refractivity contribution in [3.63, 3.8) is 0 Å². The van der Waals surface area contributed by atoms with E-state index in [0.29, 0.717) is 11.8 Å². The van der Waals surface area contributed by atoms with E-state index in [4.69, 9.17) is 0 Å². The molecule has 0 spiro atoms. The van der Waals surface area contributed by atoms with Crippen LogP contribution in [-0.2, 0) is 0 Å². The van der Waals surface area contributed by atoms with Crippen LogP contribution >= 0.6 is 0 Å². The van der Waals surface area contributed by atoms with E-state index in [-0.39, 0.29) is 6.10 Å². The lowest BCUT2D eigenvalue weighted by Gasteiger charge is -2.45. The van der Waals surface area contributed by atoms with Crippen molar-refractivity contribution in [3.05, 3.63) is 12.4 Å². The first-order valence-corrected chi connectivity index (χ1v) is 8.28. The molecule has 4 rings (SSSR count). The van der Waals surface area contributed by atoms with Crippen LogP contribution in [0.4, 0.5) is 11.6 Å². The Morgan fingerprint density at radius 1 is 1.14 bits per heavy atom. The molecule has 2 N–H and O–H groups in total. The van der Waals surface area contributed by atoms with Crippen molar-refractivity contribution < 1.29 is 5.11 Å². The number of aliphatic hydroxyl groups excluding tert-OH is 1. The van der Waals surface area contributed by atoms with E-state index in [1.807, 2.05) is 0 Å². The van der Waals surface area contributed by atoms with Gasteiger partial charge in [0.15, 0.2) is 0 Å². The highest BCUT2D eigenvalue weighted by molar-refractivity contribution is 5.49. The summed E-state index contributed by atoms with van der Waals surface area (Å²) in [6.45, 7) is 2.88. The van der Waals surface area contributed by atoms with Crippen molar-refractivity contribution in [1.29, 1.82) is 0 Å². The summed E-state index contributed by atoms with van der Waals surface area (Å²) < 4.78 is 0. The summed E-state index contributed by atoms with van der Waals surface area (Å²) in [6.07, 6.45) is 7.79. The molecular formula is C16H24N4O. The summed E-state index contributed by atoms with van der Waals surface area (Å²) in [7, 11) is 0. The van der Waals surface area contributed by atoms with Gasteiger partial charge >= 0.3 is 0 Å². The quantitative estimate of drug-likeness (QED) is 0.886. The first kappa shape index (κ1) is 13.3. The second kappa shape index (κ2) is 5.44. The number of aliphatic hydroxyl groups is 1. The van der Waals surface area contributed by atoms with Gasteiger partial charge in [-0.1, -0.05) is 6.42 Å². The SMILES string of the molecule is OC1[C@H]2CCC[C@H]1CN(c1cc(NCC3CC3)ncn1)C2. The molecule has 21 heavy (non-hydrogen) atoms. The van der Waals surface area contributed by atoms with Crippen molar-refractivity contribution in [2.45, 2.75) is 38.2 Å². The van der Waals surface area contributed by atoms with E-state index in [1.165, 1.54) is 19.3 Å². The van der Waals surface area contributed by atoms with Gasteiger partial charge in [-0.3, -0.25) is 0 Å². The first-order chi connectivity index (χ1) is 10.3. The third kappa shape index (κ3) is 2.84. The Kier molecular flexibility index (Phi) is 3.45. The topological polar surface area (TPSA) is 61.3 Å². The highest BCUT2D eigenvalue weighted by Crippen LogP contribution is 2.36. The largest absolute Gasteiger partial charge is 0.392 e. The lowest BCUT2D eigenvalue weighted by Crippen LogP contribution is -2.51. The van der Waals surface area contributed by atoms with Crippen molar-refractivity contribution in [2.24, 2.45) is 17.8 Å². The Bertz CT molecular complexity index is 491. The maximum Gasteiger partial charge on any atom is 0.134 e. The summed E-state index contributed by atoms with van der Waals surface area (Å²) in [6, 6.07) is 2.07. The lowest BCUT2D eigenvalue weighted by molar-refractivity contribution is 0.00580. The van der Waals surface area contributed by atoms with E-state index in [9.17, 15) is 5.11 Å². The maximum absolute atomic E-state index is 10.3. The molecule has 1 aliphatic heterocycles.